The highest BCUT2D eigenvalue weighted by Crippen LogP contribution is 2.27. The van der Waals surface area contributed by atoms with E-state index in [2.05, 4.69) is 31.5 Å². The van der Waals surface area contributed by atoms with Crippen LogP contribution in [0.1, 0.15) is 25.0 Å². The van der Waals surface area contributed by atoms with E-state index in [9.17, 15) is 0 Å². The number of benzene rings is 2. The van der Waals surface area contributed by atoms with E-state index in [4.69, 9.17) is 16.3 Å². The van der Waals surface area contributed by atoms with Gasteiger partial charge in [-0.15, -0.1) is 0 Å². The van der Waals surface area contributed by atoms with Gasteiger partial charge in [-0.1, -0.05) is 62.0 Å². The van der Waals surface area contributed by atoms with Crippen molar-refractivity contribution in [2.75, 3.05) is 5.32 Å². The van der Waals surface area contributed by atoms with Gasteiger partial charge >= 0.3 is 0 Å². The van der Waals surface area contributed by atoms with Gasteiger partial charge in [-0.25, -0.2) is 0 Å². The molecular weight excluding hydrogens is 354 g/mol. The largest absolute Gasteiger partial charge is 0.457 e. The van der Waals surface area contributed by atoms with Crippen LogP contribution in [0.15, 0.2) is 91.4 Å². The predicted octanol–water partition coefficient (Wildman–Crippen LogP) is 7.10. The summed E-state index contributed by atoms with van der Waals surface area (Å²) in [6, 6.07) is 13.9. The van der Waals surface area contributed by atoms with Crippen molar-refractivity contribution in [3.8, 4) is 5.75 Å². The van der Waals surface area contributed by atoms with Crippen LogP contribution in [0.25, 0.3) is 0 Å². The van der Waals surface area contributed by atoms with Crippen LogP contribution >= 0.6 is 11.6 Å². The molecule has 0 radical (unpaired) electrons. The minimum absolute atomic E-state index is 0.675. The van der Waals surface area contributed by atoms with Crippen LogP contribution in [0.3, 0.4) is 0 Å². The zero-order valence-electron chi connectivity index (χ0n) is 16.0. The van der Waals surface area contributed by atoms with Crippen molar-refractivity contribution >= 4 is 17.3 Å². The fourth-order valence-corrected chi connectivity index (χ4v) is 2.83. The molecule has 0 aliphatic heterocycles. The lowest BCUT2D eigenvalue weighted by Crippen LogP contribution is -2.03. The Hall–Kier alpha value is -2.71. The first kappa shape index (κ1) is 20.6. The topological polar surface area (TPSA) is 21.3 Å². The van der Waals surface area contributed by atoms with E-state index < -0.39 is 0 Å². The lowest BCUT2D eigenvalue weighted by Gasteiger charge is -2.15. The summed E-state index contributed by atoms with van der Waals surface area (Å²) in [5, 5.41) is 4.13. The molecule has 0 spiro atoms. The van der Waals surface area contributed by atoms with Crippen molar-refractivity contribution in [1.82, 2.24) is 0 Å². The molecule has 0 saturated heterocycles. The summed E-state index contributed by atoms with van der Waals surface area (Å²) in [5.41, 5.74) is 4.05. The van der Waals surface area contributed by atoms with Crippen LogP contribution < -0.4 is 10.1 Å². The second-order valence-electron chi connectivity index (χ2n) is 6.06. The first-order chi connectivity index (χ1) is 13.1. The molecule has 0 heterocycles. The fraction of sp³-hybridized carbons (Fsp3) is 0.167. The molecule has 0 aromatic heterocycles. The van der Waals surface area contributed by atoms with E-state index in [0.717, 1.165) is 45.5 Å². The summed E-state index contributed by atoms with van der Waals surface area (Å²) in [7, 11) is 0. The number of anilines is 1. The maximum Gasteiger partial charge on any atom is 0.130 e. The van der Waals surface area contributed by atoms with Crippen molar-refractivity contribution in [2.24, 2.45) is 0 Å². The van der Waals surface area contributed by atoms with Crippen LogP contribution in [0.5, 0.6) is 5.75 Å². The Morgan fingerprint density at radius 2 is 1.96 bits per heavy atom. The van der Waals surface area contributed by atoms with Gasteiger partial charge in [0.05, 0.1) is 0 Å². The van der Waals surface area contributed by atoms with Gasteiger partial charge in [0.1, 0.15) is 11.5 Å². The van der Waals surface area contributed by atoms with Gasteiger partial charge in [-0.3, -0.25) is 0 Å². The lowest BCUT2D eigenvalue weighted by molar-refractivity contribution is 0.438. The second kappa shape index (κ2) is 10.4. The zero-order chi connectivity index (χ0) is 19.6. The molecule has 0 atom stereocenters. The van der Waals surface area contributed by atoms with Crippen molar-refractivity contribution in [2.45, 2.75) is 26.7 Å². The number of hydrogen-bond donors (Lipinski definition) is 1. The third-order valence-electron chi connectivity index (χ3n) is 4.03. The molecule has 0 unspecified atom stereocenters. The van der Waals surface area contributed by atoms with Crippen LogP contribution in [0, 0.1) is 0 Å². The highest BCUT2D eigenvalue weighted by molar-refractivity contribution is 6.31. The van der Waals surface area contributed by atoms with Gasteiger partial charge < -0.3 is 10.1 Å². The standard InChI is InChI=1S/C24H26ClNO/c1-5-8-12-22(7-3)27-24-15-14-21(17-19(24)6-2)26-18(4)16-20-11-9-10-13-23(20)25/h5,7-15,17,26H,1,4,6,16H2,2-3H3/b12-8-,22-7+. The van der Waals surface area contributed by atoms with E-state index in [1.807, 2.05) is 61.5 Å². The molecule has 0 aliphatic carbocycles. The van der Waals surface area contributed by atoms with Crippen molar-refractivity contribution in [1.29, 1.82) is 0 Å². The molecule has 0 bridgehead atoms. The molecule has 0 aliphatic rings. The van der Waals surface area contributed by atoms with Crippen LogP contribution in [0.4, 0.5) is 5.69 Å². The molecule has 1 N–H and O–H groups in total. The number of nitrogens with one attached hydrogen (secondary N) is 1. The first-order valence-electron chi connectivity index (χ1n) is 9.01. The van der Waals surface area contributed by atoms with E-state index in [0.29, 0.717) is 6.42 Å². The molecule has 0 saturated carbocycles. The number of aryl methyl sites for hydroxylation is 1. The van der Waals surface area contributed by atoms with Crippen molar-refractivity contribution in [3.63, 3.8) is 0 Å². The molecule has 0 fully saturated rings. The maximum absolute atomic E-state index is 6.24. The number of allylic oxidation sites excluding steroid dienone is 5. The average Bonchev–Trinajstić information content (AvgIpc) is 2.67. The maximum atomic E-state index is 6.24. The van der Waals surface area contributed by atoms with Crippen LogP contribution in [0.2, 0.25) is 5.02 Å². The Bertz CT molecular complexity index is 864. The normalized spacial score (nSPS) is 11.4. The monoisotopic (exact) mass is 379 g/mol. The van der Waals surface area contributed by atoms with Gasteiger partial charge in [-0.05, 0) is 60.9 Å². The van der Waals surface area contributed by atoms with E-state index >= 15 is 0 Å². The first-order valence-corrected chi connectivity index (χ1v) is 9.39. The van der Waals surface area contributed by atoms with Crippen molar-refractivity contribution in [3.05, 3.63) is 108 Å². The van der Waals surface area contributed by atoms with E-state index in [1.165, 1.54) is 0 Å². The SMILES string of the molecule is C=C/C=C\C(=C/C)Oc1ccc(NC(=C)Cc2ccccc2Cl)cc1CC. The Labute approximate surface area is 167 Å². The molecule has 2 nitrogen and oxygen atoms in total. The quantitative estimate of drug-likeness (QED) is 0.370. The summed E-state index contributed by atoms with van der Waals surface area (Å²) in [6.45, 7) is 11.9. The number of ether oxygens (including phenoxy) is 1. The summed E-state index contributed by atoms with van der Waals surface area (Å²) in [5.74, 6) is 1.63. The molecule has 2 rings (SSSR count). The Kier molecular flexibility index (Phi) is 7.97. The molecule has 140 valence electrons. The smallest absolute Gasteiger partial charge is 0.130 e. The summed E-state index contributed by atoms with van der Waals surface area (Å²) < 4.78 is 6.02. The second-order valence-corrected chi connectivity index (χ2v) is 6.47. The van der Waals surface area contributed by atoms with Gasteiger partial charge in [0.15, 0.2) is 0 Å². The van der Waals surface area contributed by atoms with Gasteiger partial charge in [0, 0.05) is 22.8 Å². The third-order valence-corrected chi connectivity index (χ3v) is 4.40. The van der Waals surface area contributed by atoms with Gasteiger partial charge in [0.25, 0.3) is 0 Å². The Morgan fingerprint density at radius 1 is 1.19 bits per heavy atom. The summed E-state index contributed by atoms with van der Waals surface area (Å²) in [4.78, 5) is 0. The Balaban J connectivity index is 2.11. The molecule has 2 aromatic rings. The van der Waals surface area contributed by atoms with Crippen LogP contribution in [-0.2, 0) is 12.8 Å². The lowest BCUT2D eigenvalue weighted by atomic mass is 10.1. The number of halogens is 1. The average molecular weight is 380 g/mol. The third kappa shape index (κ3) is 6.19. The summed E-state index contributed by atoms with van der Waals surface area (Å²) in [6.07, 6.45) is 8.94. The molecule has 27 heavy (non-hydrogen) atoms. The minimum atomic E-state index is 0.675. The zero-order valence-corrected chi connectivity index (χ0v) is 16.7. The number of rotatable bonds is 9. The summed E-state index contributed by atoms with van der Waals surface area (Å²) >= 11 is 6.24. The van der Waals surface area contributed by atoms with Crippen molar-refractivity contribution < 1.29 is 4.74 Å². The van der Waals surface area contributed by atoms with Crippen LogP contribution in [-0.4, -0.2) is 0 Å². The molecule has 0 amide bonds. The van der Waals surface area contributed by atoms with E-state index in [-0.39, 0.29) is 0 Å². The van der Waals surface area contributed by atoms with Gasteiger partial charge in [0.2, 0.25) is 0 Å². The number of hydrogen-bond acceptors (Lipinski definition) is 2. The predicted molar refractivity (Wildman–Crippen MR) is 117 cm³/mol. The highest BCUT2D eigenvalue weighted by Gasteiger charge is 2.07. The highest BCUT2D eigenvalue weighted by atomic mass is 35.5. The van der Waals surface area contributed by atoms with E-state index in [1.54, 1.807) is 6.08 Å². The minimum Gasteiger partial charge on any atom is -0.457 e. The van der Waals surface area contributed by atoms with Gasteiger partial charge in [-0.2, -0.15) is 0 Å². The molecular formula is C24H26ClNO. The molecule has 3 heteroatoms. The fourth-order valence-electron chi connectivity index (χ4n) is 2.63. The molecule has 2 aromatic carbocycles. The Morgan fingerprint density at radius 3 is 2.63 bits per heavy atom.